The van der Waals surface area contributed by atoms with Gasteiger partial charge < -0.3 is 10.2 Å². The molecule has 100 valence electrons. The van der Waals surface area contributed by atoms with Crippen molar-refractivity contribution in [3.63, 3.8) is 0 Å². The Morgan fingerprint density at radius 1 is 1.39 bits per heavy atom. The van der Waals surface area contributed by atoms with Gasteiger partial charge >= 0.3 is 0 Å². The summed E-state index contributed by atoms with van der Waals surface area (Å²) in [4.78, 5) is 12.6. The van der Waals surface area contributed by atoms with Crippen LogP contribution in [0.15, 0.2) is 24.3 Å². The van der Waals surface area contributed by atoms with Gasteiger partial charge in [-0.25, -0.2) is 0 Å². The molecule has 5 nitrogen and oxygen atoms in total. The summed E-state index contributed by atoms with van der Waals surface area (Å²) in [7, 11) is 4.07. The van der Waals surface area contributed by atoms with Crippen molar-refractivity contribution < 1.29 is 4.92 Å². The second-order valence-corrected chi connectivity index (χ2v) is 4.76. The van der Waals surface area contributed by atoms with Crippen LogP contribution in [-0.4, -0.2) is 36.5 Å². The van der Waals surface area contributed by atoms with Gasteiger partial charge in [0.15, 0.2) is 0 Å². The summed E-state index contributed by atoms with van der Waals surface area (Å²) in [5.41, 5.74) is 0.920. The number of nitrogens with one attached hydrogen (secondary N) is 1. The molecule has 0 spiro atoms. The van der Waals surface area contributed by atoms with Crippen LogP contribution in [0.2, 0.25) is 0 Å². The van der Waals surface area contributed by atoms with E-state index in [0.717, 1.165) is 18.5 Å². The van der Waals surface area contributed by atoms with E-state index in [1.807, 2.05) is 20.2 Å². The van der Waals surface area contributed by atoms with Gasteiger partial charge in [-0.1, -0.05) is 18.2 Å². The fourth-order valence-electron chi connectivity index (χ4n) is 1.68. The number of nitrogens with zero attached hydrogens (tertiary/aromatic N) is 2. The molecule has 1 rings (SSSR count). The molecule has 0 fully saturated rings. The van der Waals surface area contributed by atoms with Crippen LogP contribution in [0.5, 0.6) is 0 Å². The Balaban J connectivity index is 2.50. The van der Waals surface area contributed by atoms with E-state index in [1.54, 1.807) is 18.2 Å². The van der Waals surface area contributed by atoms with Crippen LogP contribution in [0.25, 0.3) is 0 Å². The van der Waals surface area contributed by atoms with Crippen LogP contribution in [0.1, 0.15) is 18.9 Å². The minimum Gasteiger partial charge on any atom is -0.310 e. The molecule has 1 atom stereocenters. The summed E-state index contributed by atoms with van der Waals surface area (Å²) in [5, 5.41) is 14.2. The zero-order valence-electron chi connectivity index (χ0n) is 11.2. The van der Waals surface area contributed by atoms with Crippen LogP contribution in [0.3, 0.4) is 0 Å². The molecule has 0 aliphatic carbocycles. The third-order valence-corrected chi connectivity index (χ3v) is 2.84. The van der Waals surface area contributed by atoms with Crippen molar-refractivity contribution in [3.8, 4) is 0 Å². The molecule has 1 unspecified atom stereocenters. The molecular weight excluding hydrogens is 230 g/mol. The minimum atomic E-state index is -0.332. The average molecular weight is 251 g/mol. The predicted molar refractivity (Wildman–Crippen MR) is 72.6 cm³/mol. The smallest absolute Gasteiger partial charge is 0.273 e. The fraction of sp³-hybridized carbons (Fsp3) is 0.538. The maximum absolute atomic E-state index is 10.9. The lowest BCUT2D eigenvalue weighted by atomic mass is 10.1. The summed E-state index contributed by atoms with van der Waals surface area (Å²) in [5.74, 6) is 0. The highest BCUT2D eigenvalue weighted by Crippen LogP contribution is 2.17. The average Bonchev–Trinajstić information content (AvgIpc) is 2.34. The van der Waals surface area contributed by atoms with E-state index in [4.69, 9.17) is 0 Å². The predicted octanol–water partition coefficient (Wildman–Crippen LogP) is 2.02. The van der Waals surface area contributed by atoms with E-state index >= 15 is 0 Å². The van der Waals surface area contributed by atoms with Crippen molar-refractivity contribution in [3.05, 3.63) is 39.9 Å². The van der Waals surface area contributed by atoms with E-state index in [9.17, 15) is 10.1 Å². The quantitative estimate of drug-likeness (QED) is 0.595. The summed E-state index contributed by atoms with van der Waals surface area (Å²) in [6.07, 6.45) is 1.02. The van der Waals surface area contributed by atoms with Gasteiger partial charge in [0.25, 0.3) is 5.69 Å². The van der Waals surface area contributed by atoms with E-state index in [2.05, 4.69) is 17.1 Å². The van der Waals surface area contributed by atoms with Crippen LogP contribution < -0.4 is 5.32 Å². The number of rotatable bonds is 7. The molecule has 0 amide bonds. The fourth-order valence-corrected chi connectivity index (χ4v) is 1.68. The van der Waals surface area contributed by atoms with Gasteiger partial charge in [0.2, 0.25) is 0 Å². The van der Waals surface area contributed by atoms with E-state index in [-0.39, 0.29) is 10.6 Å². The molecule has 1 aromatic carbocycles. The highest BCUT2D eigenvalue weighted by Gasteiger charge is 2.12. The first kappa shape index (κ1) is 14.6. The normalized spacial score (nSPS) is 12.7. The Hall–Kier alpha value is -1.46. The number of nitro groups is 1. The van der Waals surface area contributed by atoms with Gasteiger partial charge in [-0.2, -0.15) is 0 Å². The number of hydrogen-bond donors (Lipinski definition) is 1. The first-order chi connectivity index (χ1) is 8.50. The monoisotopic (exact) mass is 251 g/mol. The van der Waals surface area contributed by atoms with Gasteiger partial charge in [-0.05, 0) is 34.0 Å². The Bertz CT molecular complexity index is 394. The van der Waals surface area contributed by atoms with Crippen LogP contribution in [-0.2, 0) is 6.54 Å². The lowest BCUT2D eigenvalue weighted by molar-refractivity contribution is -0.385. The highest BCUT2D eigenvalue weighted by atomic mass is 16.6. The topological polar surface area (TPSA) is 58.4 Å². The molecule has 5 heteroatoms. The maximum Gasteiger partial charge on any atom is 0.273 e. The number of hydrogen-bond acceptors (Lipinski definition) is 4. The first-order valence-electron chi connectivity index (χ1n) is 6.11. The summed E-state index contributed by atoms with van der Waals surface area (Å²) < 4.78 is 0. The SMILES string of the molecule is CC(CCN(C)C)NCc1ccccc1[N+](=O)[O-]. The first-order valence-corrected chi connectivity index (χ1v) is 6.11. The van der Waals surface area contributed by atoms with Crippen molar-refractivity contribution in [2.45, 2.75) is 25.9 Å². The lowest BCUT2D eigenvalue weighted by Crippen LogP contribution is -2.29. The van der Waals surface area contributed by atoms with Crippen LogP contribution >= 0.6 is 0 Å². The molecule has 0 aliphatic heterocycles. The molecule has 0 aliphatic rings. The van der Waals surface area contributed by atoms with Crippen molar-refractivity contribution >= 4 is 5.69 Å². The number of benzene rings is 1. The van der Waals surface area contributed by atoms with Gasteiger partial charge in [0.1, 0.15) is 0 Å². The second-order valence-electron chi connectivity index (χ2n) is 4.76. The van der Waals surface area contributed by atoms with Crippen molar-refractivity contribution in [1.82, 2.24) is 10.2 Å². The molecule has 0 saturated heterocycles. The van der Waals surface area contributed by atoms with Gasteiger partial charge in [-0.15, -0.1) is 0 Å². The van der Waals surface area contributed by atoms with E-state index < -0.39 is 0 Å². The third kappa shape index (κ3) is 4.81. The molecule has 0 saturated carbocycles. The molecule has 18 heavy (non-hydrogen) atoms. The largest absolute Gasteiger partial charge is 0.310 e. The Kier molecular flexibility index (Phi) is 5.74. The maximum atomic E-state index is 10.9. The van der Waals surface area contributed by atoms with E-state index in [0.29, 0.717) is 12.6 Å². The number of nitro benzene ring substituents is 1. The van der Waals surface area contributed by atoms with Gasteiger partial charge in [-0.3, -0.25) is 10.1 Å². The lowest BCUT2D eigenvalue weighted by Gasteiger charge is -2.16. The molecule has 0 aromatic heterocycles. The summed E-state index contributed by atoms with van der Waals surface area (Å²) >= 11 is 0. The minimum absolute atomic E-state index is 0.185. The van der Waals surface area contributed by atoms with Crippen LogP contribution in [0, 0.1) is 10.1 Å². The van der Waals surface area contributed by atoms with Crippen molar-refractivity contribution in [2.24, 2.45) is 0 Å². The molecule has 1 aromatic rings. The molecule has 1 N–H and O–H groups in total. The van der Waals surface area contributed by atoms with Gasteiger partial charge in [0.05, 0.1) is 4.92 Å². The van der Waals surface area contributed by atoms with Crippen molar-refractivity contribution in [2.75, 3.05) is 20.6 Å². The second kappa shape index (κ2) is 7.08. The van der Waals surface area contributed by atoms with Crippen molar-refractivity contribution in [1.29, 1.82) is 0 Å². The van der Waals surface area contributed by atoms with Gasteiger partial charge in [0, 0.05) is 24.2 Å². The molecular formula is C13H21N3O2. The highest BCUT2D eigenvalue weighted by molar-refractivity contribution is 5.39. The molecule has 0 bridgehead atoms. The zero-order valence-corrected chi connectivity index (χ0v) is 11.2. The van der Waals surface area contributed by atoms with E-state index in [1.165, 1.54) is 0 Å². The summed E-state index contributed by atoms with van der Waals surface area (Å²) in [6.45, 7) is 3.63. The molecule has 0 heterocycles. The molecule has 0 radical (unpaired) electrons. The summed E-state index contributed by atoms with van der Waals surface area (Å²) in [6, 6.07) is 7.20. The third-order valence-electron chi connectivity index (χ3n) is 2.84. The number of para-hydroxylation sites is 1. The Morgan fingerprint density at radius 3 is 2.67 bits per heavy atom. The zero-order chi connectivity index (χ0) is 13.5. The standard InChI is InChI=1S/C13H21N3O2/c1-11(8-9-15(2)3)14-10-12-6-4-5-7-13(12)16(17)18/h4-7,11,14H,8-10H2,1-3H3. The van der Waals surface area contributed by atoms with Crippen LogP contribution in [0.4, 0.5) is 5.69 Å². The Morgan fingerprint density at radius 2 is 2.06 bits per heavy atom. The Labute approximate surface area is 108 Å².